The Bertz CT molecular complexity index is 642. The van der Waals surface area contributed by atoms with Crippen molar-refractivity contribution in [3.8, 4) is 0 Å². The molecule has 2 aromatic heterocycles. The van der Waals surface area contributed by atoms with Crippen molar-refractivity contribution < 1.29 is 4.74 Å². The van der Waals surface area contributed by atoms with E-state index in [4.69, 9.17) is 16.3 Å². The molecule has 0 atom stereocenters. The second-order valence-electron chi connectivity index (χ2n) is 6.61. The molecule has 21 heavy (non-hydrogen) atoms. The summed E-state index contributed by atoms with van der Waals surface area (Å²) in [4.78, 5) is 8.79. The molecule has 1 fully saturated rings. The highest BCUT2D eigenvalue weighted by Crippen LogP contribution is 2.36. The molecule has 0 saturated heterocycles. The van der Waals surface area contributed by atoms with Crippen LogP contribution in [0.15, 0.2) is 6.20 Å². The molecule has 0 radical (unpaired) electrons. The van der Waals surface area contributed by atoms with Gasteiger partial charge >= 0.3 is 0 Å². The predicted molar refractivity (Wildman–Crippen MR) is 82.1 cm³/mol. The van der Waals surface area contributed by atoms with Gasteiger partial charge in [0.25, 0.3) is 0 Å². The molecule has 0 aliphatic heterocycles. The predicted octanol–water partition coefficient (Wildman–Crippen LogP) is 3.50. The maximum atomic E-state index is 6.17. The molecule has 2 heterocycles. The molecule has 1 saturated carbocycles. The molecule has 0 amide bonds. The lowest BCUT2D eigenvalue weighted by Crippen LogP contribution is -2.26. The summed E-state index contributed by atoms with van der Waals surface area (Å²) in [7, 11) is 1.85. The second-order valence-corrected chi connectivity index (χ2v) is 6.97. The molecule has 0 unspecified atom stereocenters. The van der Waals surface area contributed by atoms with Crippen LogP contribution in [0.5, 0.6) is 0 Å². The smallest absolute Gasteiger partial charge is 0.162 e. The van der Waals surface area contributed by atoms with E-state index >= 15 is 0 Å². The van der Waals surface area contributed by atoms with Gasteiger partial charge < -0.3 is 4.74 Å². The molecule has 0 spiro atoms. The van der Waals surface area contributed by atoms with E-state index in [1.807, 2.05) is 7.05 Å². The van der Waals surface area contributed by atoms with E-state index in [9.17, 15) is 0 Å². The summed E-state index contributed by atoms with van der Waals surface area (Å²) < 4.78 is 7.67. The summed E-state index contributed by atoms with van der Waals surface area (Å²) in [5.74, 6) is 0.626. The highest BCUT2D eigenvalue weighted by Gasteiger charge is 2.27. The third-order valence-electron chi connectivity index (χ3n) is 4.33. The van der Waals surface area contributed by atoms with Crippen LogP contribution in [0.3, 0.4) is 0 Å². The highest BCUT2D eigenvalue weighted by molar-refractivity contribution is 6.33. The van der Waals surface area contributed by atoms with E-state index in [0.29, 0.717) is 29.1 Å². The Morgan fingerprint density at radius 1 is 1.33 bits per heavy atom. The molecule has 1 aliphatic carbocycles. The van der Waals surface area contributed by atoms with Gasteiger partial charge in [-0.3, -0.25) is 4.68 Å². The van der Waals surface area contributed by atoms with Gasteiger partial charge in [-0.1, -0.05) is 25.4 Å². The highest BCUT2D eigenvalue weighted by atomic mass is 35.5. The first kappa shape index (κ1) is 14.7. The molecular weight excluding hydrogens is 288 g/mol. The van der Waals surface area contributed by atoms with Crippen LogP contribution in [-0.4, -0.2) is 25.9 Å². The van der Waals surface area contributed by atoms with Crippen LogP contribution in [0.1, 0.15) is 45.4 Å². The van der Waals surface area contributed by atoms with Crippen molar-refractivity contribution >= 4 is 22.6 Å². The largest absolute Gasteiger partial charge is 0.370 e. The number of fused-ring (bicyclic) bond motifs is 1. The first-order chi connectivity index (χ1) is 9.94. The maximum Gasteiger partial charge on any atom is 0.162 e. The van der Waals surface area contributed by atoms with Crippen molar-refractivity contribution in [3.05, 3.63) is 17.2 Å². The Labute approximate surface area is 129 Å². The Morgan fingerprint density at radius 2 is 2.05 bits per heavy atom. The molecule has 0 bridgehead atoms. The zero-order valence-electron chi connectivity index (χ0n) is 12.8. The number of aryl methyl sites for hydroxylation is 1. The van der Waals surface area contributed by atoms with Gasteiger partial charge in [0.2, 0.25) is 0 Å². The lowest BCUT2D eigenvalue weighted by molar-refractivity contribution is -0.00820. The first-order valence-corrected chi connectivity index (χ1v) is 7.78. The topological polar surface area (TPSA) is 52.8 Å². The van der Waals surface area contributed by atoms with Crippen LogP contribution >= 0.6 is 11.6 Å². The van der Waals surface area contributed by atoms with Crippen molar-refractivity contribution in [2.24, 2.45) is 12.5 Å². The monoisotopic (exact) mass is 308 g/mol. The van der Waals surface area contributed by atoms with Crippen LogP contribution < -0.4 is 0 Å². The average molecular weight is 309 g/mol. The maximum absolute atomic E-state index is 6.17. The van der Waals surface area contributed by atoms with Crippen LogP contribution in [0.25, 0.3) is 11.0 Å². The number of halogens is 1. The summed E-state index contributed by atoms with van der Waals surface area (Å²) in [6, 6.07) is 0. The zero-order chi connectivity index (χ0) is 15.0. The minimum absolute atomic E-state index is 0.308. The van der Waals surface area contributed by atoms with Gasteiger partial charge in [0.15, 0.2) is 11.5 Å². The van der Waals surface area contributed by atoms with Crippen LogP contribution in [-0.2, 0) is 18.4 Å². The third-order valence-corrected chi connectivity index (χ3v) is 4.61. The number of nitrogens with zero attached hydrogens (tertiary/aromatic N) is 4. The van der Waals surface area contributed by atoms with Gasteiger partial charge in [-0.25, -0.2) is 9.97 Å². The van der Waals surface area contributed by atoms with E-state index in [1.165, 1.54) is 12.8 Å². The van der Waals surface area contributed by atoms with E-state index in [2.05, 4.69) is 28.9 Å². The molecule has 114 valence electrons. The van der Waals surface area contributed by atoms with E-state index in [1.54, 1.807) is 10.9 Å². The fraction of sp³-hybridized carbons (Fsp3) is 0.667. The van der Waals surface area contributed by atoms with E-state index < -0.39 is 0 Å². The number of aromatic nitrogens is 4. The standard InChI is InChI=1S/C15H21ClN4O/c1-15(2)6-4-10(5-7-15)21-9-12-18-13(16)11-8-17-20(3)14(11)19-12/h8,10H,4-7,9H2,1-3H3. The molecular formula is C15H21ClN4O. The van der Waals surface area contributed by atoms with Crippen LogP contribution in [0.2, 0.25) is 5.15 Å². The number of ether oxygens (including phenoxy) is 1. The first-order valence-electron chi connectivity index (χ1n) is 7.40. The van der Waals surface area contributed by atoms with Crippen molar-refractivity contribution in [3.63, 3.8) is 0 Å². The fourth-order valence-corrected chi connectivity index (χ4v) is 3.06. The average Bonchev–Trinajstić information content (AvgIpc) is 2.80. The van der Waals surface area contributed by atoms with Gasteiger partial charge in [0.05, 0.1) is 17.7 Å². The molecule has 1 aliphatic rings. The normalized spacial score (nSPS) is 19.2. The molecule has 0 N–H and O–H groups in total. The van der Waals surface area contributed by atoms with E-state index in [-0.39, 0.29) is 0 Å². The summed E-state index contributed by atoms with van der Waals surface area (Å²) >= 11 is 6.17. The van der Waals surface area contributed by atoms with Gasteiger partial charge in [0, 0.05) is 7.05 Å². The molecule has 6 heteroatoms. The van der Waals surface area contributed by atoms with E-state index in [0.717, 1.165) is 23.9 Å². The summed E-state index contributed by atoms with van der Waals surface area (Å²) in [5, 5.41) is 5.37. The Balaban J connectivity index is 1.67. The molecule has 5 nitrogen and oxygen atoms in total. The van der Waals surface area contributed by atoms with Crippen molar-refractivity contribution in [2.45, 2.75) is 52.2 Å². The van der Waals surface area contributed by atoms with Gasteiger partial charge in [-0.15, -0.1) is 0 Å². The number of rotatable bonds is 3. The van der Waals surface area contributed by atoms with Gasteiger partial charge in [0.1, 0.15) is 11.8 Å². The summed E-state index contributed by atoms with van der Waals surface area (Å²) in [6.45, 7) is 5.05. The Morgan fingerprint density at radius 3 is 2.76 bits per heavy atom. The van der Waals surface area contributed by atoms with Gasteiger partial charge in [-0.05, 0) is 31.1 Å². The SMILES string of the molecule is Cn1ncc2c(Cl)nc(COC3CCC(C)(C)CC3)nc21. The molecule has 3 rings (SSSR count). The minimum Gasteiger partial charge on any atom is -0.370 e. The van der Waals surface area contributed by atoms with Crippen molar-refractivity contribution in [1.29, 1.82) is 0 Å². The number of hydrogen-bond acceptors (Lipinski definition) is 4. The zero-order valence-corrected chi connectivity index (χ0v) is 13.5. The summed E-state index contributed by atoms with van der Waals surface area (Å²) in [5.41, 5.74) is 1.20. The Kier molecular flexibility index (Phi) is 3.88. The van der Waals surface area contributed by atoms with Crippen molar-refractivity contribution in [2.75, 3.05) is 0 Å². The fourth-order valence-electron chi connectivity index (χ4n) is 2.83. The lowest BCUT2D eigenvalue weighted by Gasteiger charge is -2.34. The third kappa shape index (κ3) is 3.19. The quantitative estimate of drug-likeness (QED) is 0.814. The van der Waals surface area contributed by atoms with Gasteiger partial charge in [-0.2, -0.15) is 5.10 Å². The van der Waals surface area contributed by atoms with Crippen LogP contribution in [0, 0.1) is 5.41 Å². The van der Waals surface area contributed by atoms with Crippen molar-refractivity contribution in [1.82, 2.24) is 19.7 Å². The summed E-state index contributed by atoms with van der Waals surface area (Å²) in [6.07, 6.45) is 6.62. The van der Waals surface area contributed by atoms with Crippen LogP contribution in [0.4, 0.5) is 0 Å². The molecule has 2 aromatic rings. The number of hydrogen-bond donors (Lipinski definition) is 0. The lowest BCUT2D eigenvalue weighted by atomic mass is 9.76. The molecule has 0 aromatic carbocycles. The second kappa shape index (κ2) is 5.54. The Hall–Kier alpha value is -1.20. The minimum atomic E-state index is 0.308.